The van der Waals surface area contributed by atoms with Crippen LogP contribution in [0.1, 0.15) is 10.4 Å². The van der Waals surface area contributed by atoms with Gasteiger partial charge in [-0.1, -0.05) is 0 Å². The topological polar surface area (TPSA) is 53.0 Å². The average molecular weight is 282 g/mol. The Bertz CT molecular complexity index is 473. The van der Waals surface area contributed by atoms with Crippen molar-refractivity contribution in [1.82, 2.24) is 9.80 Å². The van der Waals surface area contributed by atoms with Gasteiger partial charge in [-0.3, -0.25) is 4.90 Å². The molecule has 0 atom stereocenters. The number of hydrogen-bond acceptors (Lipinski definition) is 4. The predicted octanol–water partition coefficient (Wildman–Crippen LogP) is 1.15. The average Bonchev–Trinajstić information content (AvgIpc) is 2.41. The van der Waals surface area contributed by atoms with Crippen LogP contribution in [0.4, 0.5) is 4.39 Å². The third-order valence-electron chi connectivity index (χ3n) is 3.44. The van der Waals surface area contributed by atoms with Gasteiger partial charge in [0, 0.05) is 38.8 Å². The number of rotatable bonds is 5. The zero-order valence-corrected chi connectivity index (χ0v) is 11.5. The minimum Gasteiger partial charge on any atom is -0.492 e. The van der Waals surface area contributed by atoms with Crippen molar-refractivity contribution in [3.63, 3.8) is 0 Å². The third-order valence-corrected chi connectivity index (χ3v) is 3.44. The maximum absolute atomic E-state index is 13.4. The Hall–Kier alpha value is -1.66. The summed E-state index contributed by atoms with van der Waals surface area (Å²) in [5.41, 5.74) is -0.337. The van der Waals surface area contributed by atoms with Gasteiger partial charge in [0.25, 0.3) is 0 Å². The summed E-state index contributed by atoms with van der Waals surface area (Å²) in [6.45, 7) is 5.36. The smallest absolute Gasteiger partial charge is 0.338 e. The predicted molar refractivity (Wildman–Crippen MR) is 72.8 cm³/mol. The zero-order valence-electron chi connectivity index (χ0n) is 11.5. The van der Waals surface area contributed by atoms with E-state index in [1.807, 2.05) is 0 Å². The molecule has 1 aromatic rings. The zero-order chi connectivity index (χ0) is 14.5. The molecule has 1 N–H and O–H groups in total. The van der Waals surface area contributed by atoms with E-state index in [9.17, 15) is 9.18 Å². The highest BCUT2D eigenvalue weighted by Gasteiger charge is 2.14. The fraction of sp³-hybridized carbons (Fsp3) is 0.500. The molecule has 1 aliphatic heterocycles. The van der Waals surface area contributed by atoms with Crippen LogP contribution in [0.2, 0.25) is 0 Å². The van der Waals surface area contributed by atoms with Crippen LogP contribution in [0.3, 0.4) is 0 Å². The lowest BCUT2D eigenvalue weighted by Gasteiger charge is -2.32. The number of carbonyl (C=O) groups is 1. The first-order valence-electron chi connectivity index (χ1n) is 6.63. The number of piperazine rings is 1. The Balaban J connectivity index is 1.79. The number of ether oxygens (including phenoxy) is 1. The molecular formula is C14H19FN2O3. The molecule has 110 valence electrons. The largest absolute Gasteiger partial charge is 0.492 e. The van der Waals surface area contributed by atoms with Crippen LogP contribution >= 0.6 is 0 Å². The van der Waals surface area contributed by atoms with Crippen LogP contribution in [0.5, 0.6) is 5.75 Å². The quantitative estimate of drug-likeness (QED) is 0.878. The molecule has 20 heavy (non-hydrogen) atoms. The standard InChI is InChI=1S/C14H19FN2O3/c1-16-4-6-17(7-5-16)8-9-20-11-2-3-12(14(18)19)13(15)10-11/h2-3,10H,4-9H2,1H3,(H,18,19). The van der Waals surface area contributed by atoms with Crippen molar-refractivity contribution in [2.45, 2.75) is 0 Å². The molecule has 0 bridgehead atoms. The maximum Gasteiger partial charge on any atom is 0.338 e. The molecule has 0 amide bonds. The van der Waals surface area contributed by atoms with Crippen molar-refractivity contribution >= 4 is 5.97 Å². The van der Waals surface area contributed by atoms with E-state index in [1.54, 1.807) is 0 Å². The monoisotopic (exact) mass is 282 g/mol. The molecule has 1 saturated heterocycles. The molecule has 6 heteroatoms. The second-order valence-corrected chi connectivity index (χ2v) is 4.94. The van der Waals surface area contributed by atoms with Gasteiger partial charge in [0.1, 0.15) is 18.2 Å². The van der Waals surface area contributed by atoms with Gasteiger partial charge in [0.15, 0.2) is 0 Å². The highest BCUT2D eigenvalue weighted by molar-refractivity contribution is 5.88. The Morgan fingerprint density at radius 2 is 2.05 bits per heavy atom. The summed E-state index contributed by atoms with van der Waals surface area (Å²) < 4.78 is 18.9. The molecule has 1 aromatic carbocycles. The summed E-state index contributed by atoms with van der Waals surface area (Å²) in [4.78, 5) is 15.3. The minimum absolute atomic E-state index is 0.337. The molecular weight excluding hydrogens is 263 g/mol. The van der Waals surface area contributed by atoms with Gasteiger partial charge in [-0.2, -0.15) is 0 Å². The number of likely N-dealkylation sites (N-methyl/N-ethyl adjacent to an activating group) is 1. The second kappa shape index (κ2) is 6.67. The Morgan fingerprint density at radius 3 is 2.65 bits per heavy atom. The number of carboxylic acid groups (broad SMARTS) is 1. The fourth-order valence-corrected chi connectivity index (χ4v) is 2.12. The van der Waals surface area contributed by atoms with E-state index in [-0.39, 0.29) is 5.56 Å². The highest BCUT2D eigenvalue weighted by atomic mass is 19.1. The maximum atomic E-state index is 13.4. The molecule has 0 unspecified atom stereocenters. The van der Waals surface area contributed by atoms with E-state index in [4.69, 9.17) is 9.84 Å². The van der Waals surface area contributed by atoms with Crippen LogP contribution in [0, 0.1) is 5.82 Å². The Morgan fingerprint density at radius 1 is 1.35 bits per heavy atom. The molecule has 0 aliphatic carbocycles. The van der Waals surface area contributed by atoms with Gasteiger partial charge in [-0.15, -0.1) is 0 Å². The van der Waals surface area contributed by atoms with Crippen LogP contribution in [-0.4, -0.2) is 67.3 Å². The Kier molecular flexibility index (Phi) is 4.92. The number of aromatic carboxylic acids is 1. The normalized spacial score (nSPS) is 17.1. The minimum atomic E-state index is -1.27. The Labute approximate surface area is 117 Å². The summed E-state index contributed by atoms with van der Waals surface area (Å²) in [5, 5.41) is 8.73. The number of carboxylic acids is 1. The van der Waals surface area contributed by atoms with E-state index in [0.29, 0.717) is 12.4 Å². The summed E-state index contributed by atoms with van der Waals surface area (Å²) >= 11 is 0. The number of nitrogens with zero attached hydrogens (tertiary/aromatic N) is 2. The lowest BCUT2D eigenvalue weighted by atomic mass is 10.2. The van der Waals surface area contributed by atoms with E-state index in [2.05, 4.69) is 16.8 Å². The van der Waals surface area contributed by atoms with E-state index in [0.717, 1.165) is 38.8 Å². The molecule has 1 aliphatic rings. The van der Waals surface area contributed by atoms with E-state index < -0.39 is 11.8 Å². The molecule has 1 heterocycles. The molecule has 0 saturated carbocycles. The number of halogens is 1. The van der Waals surface area contributed by atoms with Crippen molar-refractivity contribution < 1.29 is 19.0 Å². The molecule has 5 nitrogen and oxygen atoms in total. The first-order valence-corrected chi connectivity index (χ1v) is 6.63. The van der Waals surface area contributed by atoms with Gasteiger partial charge in [-0.05, 0) is 19.2 Å². The third kappa shape index (κ3) is 3.91. The lowest BCUT2D eigenvalue weighted by molar-refractivity contribution is 0.0692. The second-order valence-electron chi connectivity index (χ2n) is 4.94. The summed E-state index contributed by atoms with van der Waals surface area (Å²) in [7, 11) is 2.10. The van der Waals surface area contributed by atoms with Crippen molar-refractivity contribution in [2.75, 3.05) is 46.4 Å². The number of hydrogen-bond donors (Lipinski definition) is 1. The van der Waals surface area contributed by atoms with Crippen LogP contribution < -0.4 is 4.74 Å². The van der Waals surface area contributed by atoms with Gasteiger partial charge in [0.2, 0.25) is 0 Å². The summed E-state index contributed by atoms with van der Waals surface area (Å²) in [6.07, 6.45) is 0. The molecule has 2 rings (SSSR count). The molecule has 0 spiro atoms. The van der Waals surface area contributed by atoms with E-state index >= 15 is 0 Å². The molecule has 0 aromatic heterocycles. The molecule has 0 radical (unpaired) electrons. The van der Waals surface area contributed by atoms with Crippen molar-refractivity contribution in [2.24, 2.45) is 0 Å². The SMILES string of the molecule is CN1CCN(CCOc2ccc(C(=O)O)c(F)c2)CC1. The van der Waals surface area contributed by atoms with Gasteiger partial charge in [-0.25, -0.2) is 9.18 Å². The van der Waals surface area contributed by atoms with E-state index in [1.165, 1.54) is 12.1 Å². The van der Waals surface area contributed by atoms with Crippen LogP contribution in [0.15, 0.2) is 18.2 Å². The fourth-order valence-electron chi connectivity index (χ4n) is 2.12. The van der Waals surface area contributed by atoms with Crippen LogP contribution in [0.25, 0.3) is 0 Å². The highest BCUT2D eigenvalue weighted by Crippen LogP contribution is 2.16. The number of benzene rings is 1. The van der Waals surface area contributed by atoms with Crippen molar-refractivity contribution in [3.05, 3.63) is 29.6 Å². The summed E-state index contributed by atoms with van der Waals surface area (Å²) in [5.74, 6) is -1.68. The van der Waals surface area contributed by atoms with Gasteiger partial charge in [0.05, 0.1) is 5.56 Å². The van der Waals surface area contributed by atoms with Crippen molar-refractivity contribution in [1.29, 1.82) is 0 Å². The van der Waals surface area contributed by atoms with Gasteiger partial charge < -0.3 is 14.7 Å². The lowest BCUT2D eigenvalue weighted by Crippen LogP contribution is -2.45. The van der Waals surface area contributed by atoms with Gasteiger partial charge >= 0.3 is 5.97 Å². The van der Waals surface area contributed by atoms with Crippen LogP contribution in [-0.2, 0) is 0 Å². The van der Waals surface area contributed by atoms with Crippen molar-refractivity contribution in [3.8, 4) is 5.75 Å². The summed E-state index contributed by atoms with van der Waals surface area (Å²) in [6, 6.07) is 3.83. The first kappa shape index (κ1) is 14.7. The molecule has 1 fully saturated rings. The first-order chi connectivity index (χ1) is 9.56.